The lowest BCUT2D eigenvalue weighted by Crippen LogP contribution is -2.23. The van der Waals surface area contributed by atoms with E-state index in [1.807, 2.05) is 44.2 Å². The highest BCUT2D eigenvalue weighted by molar-refractivity contribution is 7.93. The molecule has 0 saturated heterocycles. The molecule has 0 aliphatic rings. The van der Waals surface area contributed by atoms with E-state index in [9.17, 15) is 13.2 Å². The van der Waals surface area contributed by atoms with Crippen molar-refractivity contribution in [3.05, 3.63) is 58.1 Å². The number of aryl methyl sites for hydroxylation is 3. The molecule has 0 aliphatic carbocycles. The Kier molecular flexibility index (Phi) is 8.75. The number of fused-ring (bicyclic) bond motifs is 1. The molecular formula is C24H28ClNO5S2. The summed E-state index contributed by atoms with van der Waals surface area (Å²) in [6.07, 6.45) is 1.12. The molecule has 0 unspecified atom stereocenters. The Morgan fingerprint density at radius 3 is 2.67 bits per heavy atom. The molecule has 0 saturated carbocycles. The summed E-state index contributed by atoms with van der Waals surface area (Å²) in [7, 11) is -3.35. The van der Waals surface area contributed by atoms with Crippen LogP contribution in [-0.2, 0) is 21.1 Å². The average molecular weight is 510 g/mol. The van der Waals surface area contributed by atoms with Crippen molar-refractivity contribution >= 4 is 48.8 Å². The molecule has 0 atom stereocenters. The Bertz CT molecular complexity index is 1240. The van der Waals surface area contributed by atoms with Crippen LogP contribution in [0.3, 0.4) is 0 Å². The van der Waals surface area contributed by atoms with Gasteiger partial charge in [0.25, 0.3) is 0 Å². The fourth-order valence-corrected chi connectivity index (χ4v) is 7.00. The van der Waals surface area contributed by atoms with E-state index >= 15 is 0 Å². The second kappa shape index (κ2) is 11.3. The monoisotopic (exact) mass is 509 g/mol. The van der Waals surface area contributed by atoms with Crippen molar-refractivity contribution in [1.82, 2.24) is 5.32 Å². The van der Waals surface area contributed by atoms with Crippen LogP contribution in [0.5, 0.6) is 5.75 Å². The third kappa shape index (κ3) is 6.93. The number of ether oxygens (including phenoxy) is 1. The van der Waals surface area contributed by atoms with Crippen molar-refractivity contribution in [1.29, 1.82) is 0 Å². The molecule has 1 aromatic heterocycles. The summed E-state index contributed by atoms with van der Waals surface area (Å²) in [4.78, 5) is 10.7. The van der Waals surface area contributed by atoms with Crippen molar-refractivity contribution in [2.45, 2.75) is 37.3 Å². The first kappa shape index (κ1) is 25.5. The molecular weight excluding hydrogens is 482 g/mol. The molecule has 3 aromatic rings. The van der Waals surface area contributed by atoms with Crippen LogP contribution in [0, 0.1) is 13.8 Å². The largest absolute Gasteiger partial charge is 0.492 e. The van der Waals surface area contributed by atoms with Gasteiger partial charge in [0.1, 0.15) is 16.6 Å². The van der Waals surface area contributed by atoms with Gasteiger partial charge in [-0.05, 0) is 85.6 Å². The van der Waals surface area contributed by atoms with Crippen LogP contribution in [-0.4, -0.2) is 44.9 Å². The summed E-state index contributed by atoms with van der Waals surface area (Å²) < 4.78 is 32.7. The first-order valence-electron chi connectivity index (χ1n) is 10.7. The number of nitrogens with one attached hydrogen (secondary N) is 1. The summed E-state index contributed by atoms with van der Waals surface area (Å²) >= 11 is 7.35. The van der Waals surface area contributed by atoms with Gasteiger partial charge in [0, 0.05) is 22.7 Å². The van der Waals surface area contributed by atoms with Gasteiger partial charge in [-0.2, -0.15) is 0 Å². The third-order valence-electron chi connectivity index (χ3n) is 5.37. The quantitative estimate of drug-likeness (QED) is 0.333. The zero-order chi connectivity index (χ0) is 24.0. The maximum Gasteiger partial charge on any atom is 0.303 e. The standard InChI is InChI=1S/C24H28ClNO5S2/c1-16-14-20(7-4-18(16)5-9-23(27)28)31-12-11-26-10-3-13-33(29,30)24-17(2)21-15-19(25)6-8-22(21)32-24/h4,6-8,14-15,26H,3,5,9-13H2,1-2H3,(H,27,28). The molecule has 6 nitrogen and oxygen atoms in total. The highest BCUT2D eigenvalue weighted by Crippen LogP contribution is 2.36. The second-order valence-electron chi connectivity index (χ2n) is 7.91. The number of sulfone groups is 1. The topological polar surface area (TPSA) is 92.7 Å². The maximum atomic E-state index is 12.8. The van der Waals surface area contributed by atoms with Gasteiger partial charge < -0.3 is 15.2 Å². The van der Waals surface area contributed by atoms with E-state index in [0.717, 1.165) is 32.5 Å². The van der Waals surface area contributed by atoms with Crippen LogP contribution < -0.4 is 10.1 Å². The lowest BCUT2D eigenvalue weighted by atomic mass is 10.0. The van der Waals surface area contributed by atoms with Crippen LogP contribution in [0.25, 0.3) is 10.1 Å². The lowest BCUT2D eigenvalue weighted by molar-refractivity contribution is -0.136. The Hall–Kier alpha value is -2.13. The van der Waals surface area contributed by atoms with Gasteiger partial charge in [0.2, 0.25) is 0 Å². The molecule has 3 rings (SSSR count). The fraction of sp³-hybridized carbons (Fsp3) is 0.375. The van der Waals surface area contributed by atoms with E-state index < -0.39 is 15.8 Å². The summed E-state index contributed by atoms with van der Waals surface area (Å²) in [5.74, 6) is 0.00737. The maximum absolute atomic E-state index is 12.8. The molecule has 0 amide bonds. The molecule has 0 aliphatic heterocycles. The second-order valence-corrected chi connectivity index (χ2v) is 11.7. The predicted octanol–water partition coefficient (Wildman–Crippen LogP) is 5.02. The van der Waals surface area contributed by atoms with E-state index in [1.165, 1.54) is 11.3 Å². The molecule has 1 heterocycles. The number of aliphatic carboxylic acids is 1. The van der Waals surface area contributed by atoms with Gasteiger partial charge >= 0.3 is 5.97 Å². The molecule has 0 spiro atoms. The van der Waals surface area contributed by atoms with Crippen molar-refractivity contribution < 1.29 is 23.1 Å². The van der Waals surface area contributed by atoms with Crippen molar-refractivity contribution in [3.8, 4) is 5.75 Å². The Balaban J connectivity index is 1.41. The van der Waals surface area contributed by atoms with Gasteiger partial charge in [-0.25, -0.2) is 8.42 Å². The number of rotatable bonds is 12. The minimum absolute atomic E-state index is 0.0826. The predicted molar refractivity (Wildman–Crippen MR) is 134 cm³/mol. The summed E-state index contributed by atoms with van der Waals surface area (Å²) in [6.45, 7) is 5.40. The van der Waals surface area contributed by atoms with Crippen LogP contribution >= 0.6 is 22.9 Å². The van der Waals surface area contributed by atoms with Gasteiger partial charge in [0.15, 0.2) is 9.84 Å². The highest BCUT2D eigenvalue weighted by atomic mass is 35.5. The summed E-state index contributed by atoms with van der Waals surface area (Å²) in [5, 5.41) is 13.5. The zero-order valence-corrected chi connectivity index (χ0v) is 21.1. The SMILES string of the molecule is Cc1cc(OCCNCCCS(=O)(=O)c2sc3ccc(Cl)cc3c2C)ccc1CCC(=O)O. The first-order valence-corrected chi connectivity index (χ1v) is 13.6. The highest BCUT2D eigenvalue weighted by Gasteiger charge is 2.21. The van der Waals surface area contributed by atoms with Crippen molar-refractivity contribution in [3.63, 3.8) is 0 Å². The van der Waals surface area contributed by atoms with Crippen molar-refractivity contribution in [2.75, 3.05) is 25.4 Å². The first-order chi connectivity index (χ1) is 15.7. The molecule has 33 heavy (non-hydrogen) atoms. The number of carbonyl (C=O) groups is 1. The number of hydrogen-bond donors (Lipinski definition) is 2. The molecule has 2 N–H and O–H groups in total. The lowest BCUT2D eigenvalue weighted by Gasteiger charge is -2.10. The number of hydrogen-bond acceptors (Lipinski definition) is 6. The minimum Gasteiger partial charge on any atom is -0.492 e. The van der Waals surface area contributed by atoms with Gasteiger partial charge in [-0.3, -0.25) is 4.79 Å². The van der Waals surface area contributed by atoms with Crippen LogP contribution in [0.4, 0.5) is 0 Å². The van der Waals surface area contributed by atoms with Gasteiger partial charge in [-0.1, -0.05) is 17.7 Å². The van der Waals surface area contributed by atoms with E-state index in [4.69, 9.17) is 21.4 Å². The molecule has 9 heteroatoms. The van der Waals surface area contributed by atoms with Gasteiger partial charge in [-0.15, -0.1) is 11.3 Å². The number of carboxylic acid groups (broad SMARTS) is 1. The van der Waals surface area contributed by atoms with Crippen LogP contribution in [0.2, 0.25) is 5.02 Å². The van der Waals surface area contributed by atoms with E-state index in [0.29, 0.717) is 41.8 Å². The van der Waals surface area contributed by atoms with Gasteiger partial charge in [0.05, 0.1) is 5.75 Å². The molecule has 2 aromatic carbocycles. The van der Waals surface area contributed by atoms with Crippen LogP contribution in [0.1, 0.15) is 29.5 Å². The molecule has 178 valence electrons. The van der Waals surface area contributed by atoms with E-state index in [-0.39, 0.29) is 12.2 Å². The number of carboxylic acids is 1. The summed E-state index contributed by atoms with van der Waals surface area (Å²) in [6, 6.07) is 11.1. The zero-order valence-electron chi connectivity index (χ0n) is 18.7. The fourth-order valence-electron chi connectivity index (χ4n) is 3.59. The molecule has 0 radical (unpaired) electrons. The number of thiophene rings is 1. The minimum atomic E-state index is -3.35. The van der Waals surface area contributed by atoms with Crippen LogP contribution in [0.15, 0.2) is 40.6 Å². The molecule has 0 fully saturated rings. The smallest absolute Gasteiger partial charge is 0.303 e. The van der Waals surface area contributed by atoms with E-state index in [1.54, 1.807) is 6.07 Å². The molecule has 0 bridgehead atoms. The number of benzene rings is 2. The summed E-state index contributed by atoms with van der Waals surface area (Å²) in [5.41, 5.74) is 2.77. The third-order valence-corrected chi connectivity index (χ3v) is 9.39. The normalized spacial score (nSPS) is 11.7. The Morgan fingerprint density at radius 1 is 1.15 bits per heavy atom. The van der Waals surface area contributed by atoms with Crippen molar-refractivity contribution in [2.24, 2.45) is 0 Å². The number of halogens is 1. The van der Waals surface area contributed by atoms with E-state index in [2.05, 4.69) is 5.32 Å². The average Bonchev–Trinajstić information content (AvgIpc) is 3.09. The Labute approximate surface area is 203 Å². The Morgan fingerprint density at radius 2 is 1.94 bits per heavy atom.